The Morgan fingerprint density at radius 3 is 3.00 bits per heavy atom. The van der Waals surface area contributed by atoms with E-state index in [0.29, 0.717) is 24.7 Å². The standard InChI is InChI=1S/C8H8BrN3OS/c9-6-2-1-5(14-6)8-11-7(3-4-10)12-13-8/h1-2H,3-4,10H2. The lowest BCUT2D eigenvalue weighted by Gasteiger charge is -1.84. The molecule has 0 aliphatic heterocycles. The lowest BCUT2D eigenvalue weighted by atomic mass is 10.4. The number of hydrogen-bond donors (Lipinski definition) is 1. The van der Waals surface area contributed by atoms with Gasteiger partial charge in [-0.05, 0) is 34.6 Å². The third-order valence-electron chi connectivity index (χ3n) is 1.62. The summed E-state index contributed by atoms with van der Waals surface area (Å²) >= 11 is 4.94. The van der Waals surface area contributed by atoms with Gasteiger partial charge in [0.25, 0.3) is 5.89 Å². The molecule has 74 valence electrons. The molecule has 2 N–H and O–H groups in total. The molecule has 0 amide bonds. The van der Waals surface area contributed by atoms with Crippen molar-refractivity contribution in [2.45, 2.75) is 6.42 Å². The molecule has 6 heteroatoms. The zero-order valence-electron chi connectivity index (χ0n) is 7.24. The normalized spacial score (nSPS) is 10.7. The van der Waals surface area contributed by atoms with Crippen LogP contribution in [-0.2, 0) is 6.42 Å². The molecular weight excluding hydrogens is 266 g/mol. The zero-order valence-corrected chi connectivity index (χ0v) is 9.64. The number of nitrogens with two attached hydrogens (primary N) is 1. The molecule has 0 spiro atoms. The predicted molar refractivity (Wildman–Crippen MR) is 58.1 cm³/mol. The molecule has 0 atom stereocenters. The van der Waals surface area contributed by atoms with E-state index < -0.39 is 0 Å². The number of nitrogens with zero attached hydrogens (tertiary/aromatic N) is 2. The zero-order chi connectivity index (χ0) is 9.97. The fourth-order valence-corrected chi connectivity index (χ4v) is 2.32. The van der Waals surface area contributed by atoms with Crippen molar-refractivity contribution in [2.24, 2.45) is 5.73 Å². The van der Waals surface area contributed by atoms with Gasteiger partial charge in [0.1, 0.15) is 0 Å². The van der Waals surface area contributed by atoms with E-state index in [1.165, 1.54) is 0 Å². The van der Waals surface area contributed by atoms with Gasteiger partial charge in [0, 0.05) is 6.42 Å². The molecule has 2 aromatic heterocycles. The minimum atomic E-state index is 0.535. The van der Waals surface area contributed by atoms with Gasteiger partial charge >= 0.3 is 0 Å². The van der Waals surface area contributed by atoms with Crippen LogP contribution in [0.15, 0.2) is 20.4 Å². The first-order valence-electron chi connectivity index (χ1n) is 4.08. The van der Waals surface area contributed by atoms with E-state index in [0.717, 1.165) is 8.66 Å². The molecule has 0 aromatic carbocycles. The van der Waals surface area contributed by atoms with Crippen molar-refractivity contribution in [1.29, 1.82) is 0 Å². The topological polar surface area (TPSA) is 64.9 Å². The highest BCUT2D eigenvalue weighted by atomic mass is 79.9. The average Bonchev–Trinajstić information content (AvgIpc) is 2.74. The van der Waals surface area contributed by atoms with Crippen molar-refractivity contribution in [1.82, 2.24) is 10.1 Å². The highest BCUT2D eigenvalue weighted by molar-refractivity contribution is 9.11. The molecule has 14 heavy (non-hydrogen) atoms. The molecule has 0 saturated carbocycles. The van der Waals surface area contributed by atoms with E-state index in [9.17, 15) is 0 Å². The van der Waals surface area contributed by atoms with Crippen LogP contribution in [-0.4, -0.2) is 16.7 Å². The van der Waals surface area contributed by atoms with Crippen LogP contribution in [0.25, 0.3) is 10.8 Å². The molecule has 2 rings (SSSR count). The number of thiophene rings is 1. The minimum absolute atomic E-state index is 0.535. The summed E-state index contributed by atoms with van der Waals surface area (Å²) in [5.41, 5.74) is 5.39. The van der Waals surface area contributed by atoms with Crippen molar-refractivity contribution in [2.75, 3.05) is 6.54 Å². The fraction of sp³-hybridized carbons (Fsp3) is 0.250. The molecule has 0 bridgehead atoms. The molecule has 0 radical (unpaired) electrons. The van der Waals surface area contributed by atoms with E-state index in [1.807, 2.05) is 12.1 Å². The van der Waals surface area contributed by atoms with Crippen LogP contribution < -0.4 is 5.73 Å². The van der Waals surface area contributed by atoms with Gasteiger partial charge in [-0.3, -0.25) is 0 Å². The fourth-order valence-electron chi connectivity index (χ4n) is 1.01. The number of aromatic nitrogens is 2. The Labute approximate surface area is 93.3 Å². The Hall–Kier alpha value is -0.720. The SMILES string of the molecule is NCCc1noc(-c2ccc(Br)s2)n1. The highest BCUT2D eigenvalue weighted by Crippen LogP contribution is 2.29. The maximum Gasteiger partial charge on any atom is 0.268 e. The van der Waals surface area contributed by atoms with Gasteiger partial charge in [0.2, 0.25) is 0 Å². The van der Waals surface area contributed by atoms with Gasteiger partial charge < -0.3 is 10.3 Å². The predicted octanol–water partition coefficient (Wildman–Crippen LogP) is 2.06. The summed E-state index contributed by atoms with van der Waals surface area (Å²) in [5, 5.41) is 3.82. The minimum Gasteiger partial charge on any atom is -0.333 e. The van der Waals surface area contributed by atoms with Gasteiger partial charge in [-0.25, -0.2) is 0 Å². The molecule has 0 unspecified atom stereocenters. The van der Waals surface area contributed by atoms with Gasteiger partial charge in [0.05, 0.1) is 8.66 Å². The van der Waals surface area contributed by atoms with E-state index in [-0.39, 0.29) is 0 Å². The summed E-state index contributed by atoms with van der Waals surface area (Å²) in [6.45, 7) is 0.535. The summed E-state index contributed by atoms with van der Waals surface area (Å²) < 4.78 is 6.14. The quantitative estimate of drug-likeness (QED) is 0.930. The summed E-state index contributed by atoms with van der Waals surface area (Å²) in [5.74, 6) is 1.22. The molecule has 2 aromatic rings. The van der Waals surface area contributed by atoms with Crippen molar-refractivity contribution < 1.29 is 4.52 Å². The van der Waals surface area contributed by atoms with Gasteiger partial charge in [-0.1, -0.05) is 5.16 Å². The van der Waals surface area contributed by atoms with Crippen LogP contribution in [0.1, 0.15) is 5.82 Å². The van der Waals surface area contributed by atoms with Crippen LogP contribution in [0.4, 0.5) is 0 Å². The van der Waals surface area contributed by atoms with E-state index in [2.05, 4.69) is 26.1 Å². The molecule has 0 aliphatic rings. The third-order valence-corrected chi connectivity index (χ3v) is 3.23. The van der Waals surface area contributed by atoms with Crippen LogP contribution in [0.3, 0.4) is 0 Å². The van der Waals surface area contributed by atoms with Crippen molar-refractivity contribution >= 4 is 27.3 Å². The Morgan fingerprint density at radius 2 is 2.36 bits per heavy atom. The molecule has 0 aliphatic carbocycles. The summed E-state index contributed by atoms with van der Waals surface area (Å²) in [4.78, 5) is 5.18. The maximum absolute atomic E-state index is 5.39. The smallest absolute Gasteiger partial charge is 0.268 e. The summed E-state index contributed by atoms with van der Waals surface area (Å²) in [7, 11) is 0. The molecule has 2 heterocycles. The van der Waals surface area contributed by atoms with Gasteiger partial charge in [-0.2, -0.15) is 4.98 Å². The van der Waals surface area contributed by atoms with Crippen molar-refractivity contribution in [3.8, 4) is 10.8 Å². The number of hydrogen-bond acceptors (Lipinski definition) is 5. The van der Waals surface area contributed by atoms with Crippen LogP contribution in [0.5, 0.6) is 0 Å². The Kier molecular flexibility index (Phi) is 2.95. The van der Waals surface area contributed by atoms with Gasteiger partial charge in [-0.15, -0.1) is 11.3 Å². The van der Waals surface area contributed by atoms with E-state index in [4.69, 9.17) is 10.3 Å². The third kappa shape index (κ3) is 2.02. The van der Waals surface area contributed by atoms with E-state index >= 15 is 0 Å². The first-order valence-corrected chi connectivity index (χ1v) is 5.69. The Bertz CT molecular complexity index is 426. The summed E-state index contributed by atoms with van der Waals surface area (Å²) in [6.07, 6.45) is 0.649. The second-order valence-corrected chi connectivity index (χ2v) is 5.12. The molecule has 4 nitrogen and oxygen atoms in total. The lowest BCUT2D eigenvalue weighted by Crippen LogP contribution is -2.03. The van der Waals surface area contributed by atoms with Gasteiger partial charge in [0.15, 0.2) is 5.82 Å². The number of halogens is 1. The van der Waals surface area contributed by atoms with E-state index in [1.54, 1.807) is 11.3 Å². The average molecular weight is 274 g/mol. The second kappa shape index (κ2) is 4.20. The lowest BCUT2D eigenvalue weighted by molar-refractivity contribution is 0.423. The largest absolute Gasteiger partial charge is 0.333 e. The van der Waals surface area contributed by atoms with Crippen molar-refractivity contribution in [3.05, 3.63) is 21.7 Å². The maximum atomic E-state index is 5.39. The van der Waals surface area contributed by atoms with Crippen LogP contribution in [0.2, 0.25) is 0 Å². The molecule has 0 fully saturated rings. The molecule has 0 saturated heterocycles. The second-order valence-electron chi connectivity index (χ2n) is 2.66. The van der Waals surface area contributed by atoms with Crippen LogP contribution >= 0.6 is 27.3 Å². The number of rotatable bonds is 3. The first-order chi connectivity index (χ1) is 6.79. The summed E-state index contributed by atoms with van der Waals surface area (Å²) in [6, 6.07) is 3.89. The first kappa shape index (κ1) is 9.82. The molecular formula is C8H8BrN3OS. The highest BCUT2D eigenvalue weighted by Gasteiger charge is 2.09. The van der Waals surface area contributed by atoms with Crippen LogP contribution in [0, 0.1) is 0 Å². The van der Waals surface area contributed by atoms with Crippen molar-refractivity contribution in [3.63, 3.8) is 0 Å². The Balaban J connectivity index is 2.24. The Morgan fingerprint density at radius 1 is 1.50 bits per heavy atom. The monoisotopic (exact) mass is 273 g/mol.